The molecule has 2 N–H and O–H groups in total. The molecule has 0 atom stereocenters. The molecule has 0 aliphatic rings. The Morgan fingerprint density at radius 2 is 2.00 bits per heavy atom. The monoisotopic (exact) mass is 251 g/mol. The fraction of sp³-hybridized carbons (Fsp3) is 0.333. The molecule has 0 aromatic carbocycles. The van der Waals surface area contributed by atoms with Crippen molar-refractivity contribution in [3.8, 4) is 6.07 Å². The van der Waals surface area contributed by atoms with Crippen molar-refractivity contribution < 1.29 is 22.0 Å². The summed E-state index contributed by atoms with van der Waals surface area (Å²) in [6, 6.07) is 1.49. The number of nitrogen functional groups attached to an aromatic ring is 1. The molecule has 0 saturated carbocycles. The molecule has 0 saturated heterocycles. The highest BCUT2D eigenvalue weighted by molar-refractivity contribution is 5.56. The molecule has 0 radical (unpaired) electrons. The number of hydrogen-bond acceptors (Lipinski definition) is 3. The van der Waals surface area contributed by atoms with Gasteiger partial charge in [0.2, 0.25) is 0 Å². The molecular weight excluding hydrogens is 245 g/mol. The minimum atomic E-state index is -4.90. The zero-order chi connectivity index (χ0) is 13.2. The van der Waals surface area contributed by atoms with Crippen LogP contribution in [0.1, 0.15) is 23.2 Å². The van der Waals surface area contributed by atoms with Crippen molar-refractivity contribution in [2.24, 2.45) is 0 Å². The molecule has 0 aliphatic carbocycles. The van der Waals surface area contributed by atoms with E-state index < -0.39 is 41.5 Å². The molecule has 0 bridgehead atoms. The molecule has 92 valence electrons. The topological polar surface area (TPSA) is 62.7 Å². The van der Waals surface area contributed by atoms with Crippen LogP contribution in [0.3, 0.4) is 0 Å². The van der Waals surface area contributed by atoms with Crippen LogP contribution in [0, 0.1) is 11.3 Å². The molecular formula is C9H6F5N3. The van der Waals surface area contributed by atoms with Gasteiger partial charge in [0, 0.05) is 6.20 Å². The standard InChI is InChI=1S/C9H6F5N3/c10-8(11)7-6(16)5(9(12,13)14)4(1-2-15)3-17-7/h3,8H,1,16H2. The van der Waals surface area contributed by atoms with Gasteiger partial charge in [-0.2, -0.15) is 18.4 Å². The molecule has 0 fully saturated rings. The largest absolute Gasteiger partial charge is 0.418 e. The predicted octanol–water partition coefficient (Wildman–Crippen LogP) is 2.69. The average Bonchev–Trinajstić information content (AvgIpc) is 2.15. The number of halogens is 5. The second-order valence-corrected chi connectivity index (χ2v) is 3.09. The Labute approximate surface area is 92.7 Å². The Hall–Kier alpha value is -1.91. The van der Waals surface area contributed by atoms with Crippen molar-refractivity contribution in [2.75, 3.05) is 5.73 Å². The van der Waals surface area contributed by atoms with Crippen LogP contribution < -0.4 is 5.73 Å². The summed E-state index contributed by atoms with van der Waals surface area (Å²) < 4.78 is 62.5. The van der Waals surface area contributed by atoms with E-state index in [1.165, 1.54) is 6.07 Å². The summed E-state index contributed by atoms with van der Waals surface area (Å²) in [5.41, 5.74) is 0.854. The van der Waals surface area contributed by atoms with E-state index >= 15 is 0 Å². The lowest BCUT2D eigenvalue weighted by atomic mass is 10.0. The molecule has 0 amide bonds. The van der Waals surface area contributed by atoms with Gasteiger partial charge in [-0.3, -0.25) is 4.98 Å². The van der Waals surface area contributed by atoms with Crippen LogP contribution in [0.15, 0.2) is 6.20 Å². The van der Waals surface area contributed by atoms with E-state index in [9.17, 15) is 22.0 Å². The first-order chi connectivity index (χ1) is 7.79. The van der Waals surface area contributed by atoms with Gasteiger partial charge in [0.15, 0.2) is 0 Å². The SMILES string of the molecule is N#CCc1cnc(C(F)F)c(N)c1C(F)(F)F. The second kappa shape index (κ2) is 4.53. The van der Waals surface area contributed by atoms with Gasteiger partial charge in [-0.05, 0) is 5.56 Å². The van der Waals surface area contributed by atoms with Crippen LogP contribution >= 0.6 is 0 Å². The summed E-state index contributed by atoms with van der Waals surface area (Å²) >= 11 is 0. The molecule has 17 heavy (non-hydrogen) atoms. The minimum absolute atomic E-state index is 0.512. The van der Waals surface area contributed by atoms with Crippen LogP contribution in [-0.4, -0.2) is 4.98 Å². The number of rotatable bonds is 2. The van der Waals surface area contributed by atoms with E-state index in [4.69, 9.17) is 11.0 Å². The third-order valence-electron chi connectivity index (χ3n) is 1.99. The Balaban J connectivity index is 3.49. The second-order valence-electron chi connectivity index (χ2n) is 3.09. The average molecular weight is 251 g/mol. The van der Waals surface area contributed by atoms with Crippen LogP contribution in [0.25, 0.3) is 0 Å². The smallest absolute Gasteiger partial charge is 0.397 e. The van der Waals surface area contributed by atoms with Crippen molar-refractivity contribution in [1.82, 2.24) is 4.98 Å². The lowest BCUT2D eigenvalue weighted by Gasteiger charge is -2.15. The molecule has 1 aromatic rings. The number of pyridine rings is 1. The minimum Gasteiger partial charge on any atom is -0.397 e. The number of hydrogen-bond donors (Lipinski definition) is 1. The molecule has 8 heteroatoms. The molecule has 0 spiro atoms. The zero-order valence-corrected chi connectivity index (χ0v) is 8.22. The van der Waals surface area contributed by atoms with Gasteiger partial charge in [-0.25, -0.2) is 8.78 Å². The Morgan fingerprint density at radius 3 is 2.41 bits per heavy atom. The van der Waals surface area contributed by atoms with Crippen LogP contribution in [-0.2, 0) is 12.6 Å². The lowest BCUT2D eigenvalue weighted by molar-refractivity contribution is -0.137. The third kappa shape index (κ3) is 2.61. The normalized spacial score (nSPS) is 11.6. The van der Waals surface area contributed by atoms with E-state index in [1.807, 2.05) is 0 Å². The summed E-state index contributed by atoms with van der Waals surface area (Å²) in [4.78, 5) is 3.14. The summed E-state index contributed by atoms with van der Waals surface area (Å²) in [6.07, 6.45) is -8.10. The first-order valence-electron chi connectivity index (χ1n) is 4.28. The van der Waals surface area contributed by atoms with E-state index in [0.29, 0.717) is 6.20 Å². The number of aromatic nitrogens is 1. The summed E-state index contributed by atoms with van der Waals surface area (Å²) in [7, 11) is 0. The van der Waals surface area contributed by atoms with E-state index in [1.54, 1.807) is 0 Å². The van der Waals surface area contributed by atoms with E-state index in [2.05, 4.69) is 4.98 Å². The van der Waals surface area contributed by atoms with Gasteiger partial charge in [-0.1, -0.05) is 0 Å². The van der Waals surface area contributed by atoms with E-state index in [-0.39, 0.29) is 0 Å². The molecule has 1 heterocycles. The maximum absolute atomic E-state index is 12.6. The molecule has 0 unspecified atom stereocenters. The number of nitriles is 1. The maximum Gasteiger partial charge on any atom is 0.418 e. The predicted molar refractivity (Wildman–Crippen MR) is 47.9 cm³/mol. The van der Waals surface area contributed by atoms with Crippen LogP contribution in [0.5, 0.6) is 0 Å². The summed E-state index contributed by atoms with van der Waals surface area (Å²) in [5.74, 6) is 0. The fourth-order valence-electron chi connectivity index (χ4n) is 1.31. The third-order valence-corrected chi connectivity index (χ3v) is 1.99. The van der Waals surface area contributed by atoms with Gasteiger partial charge in [0.1, 0.15) is 5.69 Å². The van der Waals surface area contributed by atoms with Crippen molar-refractivity contribution in [3.63, 3.8) is 0 Å². The molecule has 0 aliphatic heterocycles. The highest BCUT2D eigenvalue weighted by atomic mass is 19.4. The lowest BCUT2D eigenvalue weighted by Crippen LogP contribution is -2.15. The highest BCUT2D eigenvalue weighted by Gasteiger charge is 2.38. The molecule has 1 aromatic heterocycles. The number of anilines is 1. The van der Waals surface area contributed by atoms with Crippen LogP contribution in [0.4, 0.5) is 27.6 Å². The van der Waals surface area contributed by atoms with E-state index in [0.717, 1.165) is 0 Å². The van der Waals surface area contributed by atoms with Crippen molar-refractivity contribution in [2.45, 2.75) is 19.0 Å². The molecule has 3 nitrogen and oxygen atoms in total. The van der Waals surface area contributed by atoms with Gasteiger partial charge in [-0.15, -0.1) is 0 Å². The zero-order valence-electron chi connectivity index (χ0n) is 8.22. The van der Waals surface area contributed by atoms with Crippen molar-refractivity contribution in [1.29, 1.82) is 5.26 Å². The summed E-state index contributed by atoms with van der Waals surface area (Å²) in [5, 5.41) is 8.35. The maximum atomic E-state index is 12.6. The summed E-state index contributed by atoms with van der Waals surface area (Å²) in [6.45, 7) is 0. The Morgan fingerprint density at radius 1 is 1.41 bits per heavy atom. The number of nitrogens with two attached hydrogens (primary N) is 1. The van der Waals surface area contributed by atoms with Gasteiger partial charge in [0.25, 0.3) is 6.43 Å². The Kier molecular flexibility index (Phi) is 3.50. The molecule has 1 rings (SSSR count). The van der Waals surface area contributed by atoms with Gasteiger partial charge < -0.3 is 5.73 Å². The van der Waals surface area contributed by atoms with Gasteiger partial charge >= 0.3 is 6.18 Å². The number of alkyl halides is 5. The first-order valence-corrected chi connectivity index (χ1v) is 4.28. The Bertz CT molecular complexity index is 461. The first kappa shape index (κ1) is 13.2. The number of nitrogens with zero attached hydrogens (tertiary/aromatic N) is 2. The highest BCUT2D eigenvalue weighted by Crippen LogP contribution is 2.39. The van der Waals surface area contributed by atoms with Crippen molar-refractivity contribution in [3.05, 3.63) is 23.0 Å². The van der Waals surface area contributed by atoms with Crippen LogP contribution in [0.2, 0.25) is 0 Å². The van der Waals surface area contributed by atoms with Crippen molar-refractivity contribution >= 4 is 5.69 Å². The fourth-order valence-corrected chi connectivity index (χ4v) is 1.31. The van der Waals surface area contributed by atoms with Gasteiger partial charge in [0.05, 0.1) is 23.7 Å². The quantitative estimate of drug-likeness (QED) is 0.822.